The molecule has 0 bridgehead atoms. The highest BCUT2D eigenvalue weighted by Crippen LogP contribution is 1.93. The van der Waals surface area contributed by atoms with E-state index in [4.69, 9.17) is 18.0 Å². The van der Waals surface area contributed by atoms with E-state index in [9.17, 15) is 9.59 Å². The van der Waals surface area contributed by atoms with Gasteiger partial charge in [0.2, 0.25) is 0 Å². The van der Waals surface area contributed by atoms with Crippen molar-refractivity contribution in [1.29, 1.82) is 0 Å². The molecule has 0 radical (unpaired) electrons. The molecular formula is C13H13N3O2S. The lowest BCUT2D eigenvalue weighted by atomic mass is 10.3. The van der Waals surface area contributed by atoms with Crippen molar-refractivity contribution in [3.8, 4) is 0 Å². The second-order valence-electron chi connectivity index (χ2n) is 4.02. The summed E-state index contributed by atoms with van der Waals surface area (Å²) in [4.78, 5) is 23.6. The highest BCUT2D eigenvalue weighted by molar-refractivity contribution is 7.80. The summed E-state index contributed by atoms with van der Waals surface area (Å²) in [6.07, 6.45) is 3.34. The molecule has 2 aromatic rings. The summed E-state index contributed by atoms with van der Waals surface area (Å²) in [5.74, 6) is 0. The van der Waals surface area contributed by atoms with Gasteiger partial charge in [0.25, 0.3) is 11.1 Å². The second kappa shape index (κ2) is 5.62. The minimum Gasteiger partial charge on any atom is -0.389 e. The largest absolute Gasteiger partial charge is 0.389 e. The molecule has 0 amide bonds. The monoisotopic (exact) mass is 275 g/mol. The number of nitrogens with zero attached hydrogens (tertiary/aromatic N) is 2. The lowest BCUT2D eigenvalue weighted by molar-refractivity contribution is 0.552. The van der Waals surface area contributed by atoms with E-state index in [1.165, 1.54) is 10.6 Å². The Morgan fingerprint density at radius 3 is 2.42 bits per heavy atom. The highest BCUT2D eigenvalue weighted by Gasteiger charge is 2.05. The summed E-state index contributed by atoms with van der Waals surface area (Å²) in [6, 6.07) is 8.24. The molecule has 98 valence electrons. The molecule has 2 aromatic heterocycles. The third-order valence-electron chi connectivity index (χ3n) is 2.77. The zero-order valence-corrected chi connectivity index (χ0v) is 11.0. The fraction of sp³-hybridized carbons (Fsp3) is 0.154. The van der Waals surface area contributed by atoms with E-state index in [0.29, 0.717) is 18.7 Å². The molecule has 0 saturated carbocycles. The Kier molecular flexibility index (Phi) is 3.91. The molecule has 2 rings (SSSR count). The first-order valence-corrected chi connectivity index (χ1v) is 6.15. The van der Waals surface area contributed by atoms with Crippen LogP contribution >= 0.6 is 12.2 Å². The van der Waals surface area contributed by atoms with Crippen molar-refractivity contribution < 1.29 is 0 Å². The molecule has 0 aliphatic carbocycles. The van der Waals surface area contributed by atoms with Gasteiger partial charge in [-0.2, -0.15) is 0 Å². The van der Waals surface area contributed by atoms with E-state index in [2.05, 4.69) is 0 Å². The number of aromatic nitrogens is 2. The van der Waals surface area contributed by atoms with Crippen molar-refractivity contribution in [2.24, 2.45) is 5.73 Å². The number of nitrogens with two attached hydrogens (primary N) is 1. The lowest BCUT2D eigenvalue weighted by Crippen LogP contribution is -2.30. The Morgan fingerprint density at radius 1 is 1.05 bits per heavy atom. The van der Waals surface area contributed by atoms with E-state index in [1.54, 1.807) is 41.2 Å². The van der Waals surface area contributed by atoms with Crippen LogP contribution in [0.4, 0.5) is 0 Å². The molecule has 0 aliphatic heterocycles. The maximum atomic E-state index is 12.0. The zero-order chi connectivity index (χ0) is 13.8. The second-order valence-corrected chi connectivity index (χ2v) is 4.46. The van der Waals surface area contributed by atoms with Crippen molar-refractivity contribution in [1.82, 2.24) is 9.13 Å². The maximum absolute atomic E-state index is 12.0. The first-order valence-electron chi connectivity index (χ1n) is 5.74. The number of pyridine rings is 2. The van der Waals surface area contributed by atoms with Crippen LogP contribution in [0.15, 0.2) is 52.3 Å². The van der Waals surface area contributed by atoms with Crippen molar-refractivity contribution >= 4 is 17.2 Å². The van der Waals surface area contributed by atoms with Gasteiger partial charge in [0.05, 0.1) is 5.56 Å². The van der Waals surface area contributed by atoms with Crippen molar-refractivity contribution in [2.75, 3.05) is 0 Å². The summed E-state index contributed by atoms with van der Waals surface area (Å²) >= 11 is 4.82. The van der Waals surface area contributed by atoms with Gasteiger partial charge in [-0.25, -0.2) is 0 Å². The smallest absolute Gasteiger partial charge is 0.260 e. The molecule has 19 heavy (non-hydrogen) atoms. The molecule has 0 spiro atoms. The van der Waals surface area contributed by atoms with Gasteiger partial charge >= 0.3 is 0 Å². The van der Waals surface area contributed by atoms with E-state index in [1.807, 2.05) is 0 Å². The molecule has 2 N–H and O–H groups in total. The average molecular weight is 275 g/mol. The van der Waals surface area contributed by atoms with Crippen LogP contribution in [0.25, 0.3) is 0 Å². The van der Waals surface area contributed by atoms with Gasteiger partial charge in [-0.1, -0.05) is 18.3 Å². The number of hydrogen-bond acceptors (Lipinski definition) is 3. The van der Waals surface area contributed by atoms with Gasteiger partial charge < -0.3 is 14.9 Å². The molecule has 2 heterocycles. The normalized spacial score (nSPS) is 10.3. The maximum Gasteiger partial charge on any atom is 0.260 e. The van der Waals surface area contributed by atoms with E-state index in [0.717, 1.165) is 0 Å². The third-order valence-corrected chi connectivity index (χ3v) is 2.99. The first-order chi connectivity index (χ1) is 9.09. The van der Waals surface area contributed by atoms with Gasteiger partial charge in [-0.15, -0.1) is 0 Å². The van der Waals surface area contributed by atoms with Crippen molar-refractivity contribution in [2.45, 2.75) is 13.1 Å². The topological polar surface area (TPSA) is 70.0 Å². The first kappa shape index (κ1) is 13.2. The quantitative estimate of drug-likeness (QED) is 0.817. The van der Waals surface area contributed by atoms with Crippen LogP contribution in [0.3, 0.4) is 0 Å². The SMILES string of the molecule is NC(=S)c1cccn(CCn2ccccc2=O)c1=O. The highest BCUT2D eigenvalue weighted by atomic mass is 32.1. The standard InChI is InChI=1S/C13H13N3O2S/c14-12(19)10-4-3-7-16(13(10)18)9-8-15-6-2-1-5-11(15)17/h1-7H,8-9H2,(H2,14,19). The predicted molar refractivity (Wildman–Crippen MR) is 77.3 cm³/mol. The van der Waals surface area contributed by atoms with Gasteiger partial charge in [0, 0.05) is 31.5 Å². The van der Waals surface area contributed by atoms with Crippen LogP contribution in [-0.2, 0) is 13.1 Å². The predicted octanol–water partition coefficient (Wildman–Crippen LogP) is 0.344. The summed E-state index contributed by atoms with van der Waals surface area (Å²) in [7, 11) is 0. The Bertz CT molecular complexity index is 718. The number of hydrogen-bond donors (Lipinski definition) is 1. The zero-order valence-electron chi connectivity index (χ0n) is 10.2. The van der Waals surface area contributed by atoms with E-state index >= 15 is 0 Å². The minimum atomic E-state index is -0.237. The van der Waals surface area contributed by atoms with Gasteiger partial charge in [-0.05, 0) is 18.2 Å². The number of aryl methyl sites for hydroxylation is 2. The number of thiocarbonyl (C=S) groups is 1. The Morgan fingerprint density at radius 2 is 1.74 bits per heavy atom. The Balaban J connectivity index is 2.24. The molecule has 0 aliphatic rings. The van der Waals surface area contributed by atoms with Crippen LogP contribution in [0, 0.1) is 0 Å². The van der Waals surface area contributed by atoms with Gasteiger partial charge in [-0.3, -0.25) is 9.59 Å². The number of rotatable bonds is 4. The lowest BCUT2D eigenvalue weighted by Gasteiger charge is -2.09. The third kappa shape index (κ3) is 2.97. The Labute approximate surface area is 114 Å². The summed E-state index contributed by atoms with van der Waals surface area (Å²) < 4.78 is 3.04. The fourth-order valence-corrected chi connectivity index (χ4v) is 1.92. The molecule has 5 nitrogen and oxygen atoms in total. The minimum absolute atomic E-state index is 0.0798. The summed E-state index contributed by atoms with van der Waals surface area (Å²) in [5, 5.41) is 0. The summed E-state index contributed by atoms with van der Waals surface area (Å²) in [6.45, 7) is 0.805. The molecule has 0 aromatic carbocycles. The molecule has 0 saturated heterocycles. The van der Waals surface area contributed by atoms with Crippen molar-refractivity contribution in [3.05, 3.63) is 69.0 Å². The van der Waals surface area contributed by atoms with Gasteiger partial charge in [0.15, 0.2) is 0 Å². The molecule has 0 atom stereocenters. The Hall–Kier alpha value is -2.21. The van der Waals surface area contributed by atoms with Crippen LogP contribution in [0.5, 0.6) is 0 Å². The molecule has 6 heteroatoms. The average Bonchev–Trinajstić information content (AvgIpc) is 2.39. The molecule has 0 unspecified atom stereocenters. The van der Waals surface area contributed by atoms with Crippen molar-refractivity contribution in [3.63, 3.8) is 0 Å². The van der Waals surface area contributed by atoms with Crippen LogP contribution in [-0.4, -0.2) is 14.1 Å². The molecular weight excluding hydrogens is 262 g/mol. The van der Waals surface area contributed by atoms with E-state index < -0.39 is 0 Å². The van der Waals surface area contributed by atoms with Crippen LogP contribution < -0.4 is 16.9 Å². The van der Waals surface area contributed by atoms with Gasteiger partial charge in [0.1, 0.15) is 4.99 Å². The van der Waals surface area contributed by atoms with Crippen LogP contribution in [0.2, 0.25) is 0 Å². The summed E-state index contributed by atoms with van der Waals surface area (Å²) in [5.41, 5.74) is 5.46. The fourth-order valence-electron chi connectivity index (χ4n) is 1.76. The molecule has 0 fully saturated rings. The van der Waals surface area contributed by atoms with E-state index in [-0.39, 0.29) is 16.1 Å². The van der Waals surface area contributed by atoms with Crippen LogP contribution in [0.1, 0.15) is 5.56 Å².